The highest BCUT2D eigenvalue weighted by atomic mass is 32.2. The van der Waals surface area contributed by atoms with E-state index in [-0.39, 0.29) is 17.7 Å². The number of rotatable bonds is 6. The lowest BCUT2D eigenvalue weighted by atomic mass is 9.94. The van der Waals surface area contributed by atoms with Gasteiger partial charge in [0.05, 0.1) is 28.7 Å². The lowest BCUT2D eigenvalue weighted by molar-refractivity contribution is 0.117. The van der Waals surface area contributed by atoms with Crippen molar-refractivity contribution < 1.29 is 14.1 Å². The van der Waals surface area contributed by atoms with Gasteiger partial charge < -0.3 is 15.2 Å². The van der Waals surface area contributed by atoms with E-state index in [2.05, 4.69) is 35.8 Å². The van der Waals surface area contributed by atoms with Gasteiger partial charge in [-0.25, -0.2) is 13.9 Å². The topological polar surface area (TPSA) is 83.5 Å². The molecule has 1 heterocycles. The molecular weight excluding hydrogens is 406 g/mol. The maximum Gasteiger partial charge on any atom is 0.183 e. The summed E-state index contributed by atoms with van der Waals surface area (Å²) in [6.45, 7) is 8.30. The highest BCUT2D eigenvalue weighted by Crippen LogP contribution is 2.36. The van der Waals surface area contributed by atoms with Gasteiger partial charge in [0.2, 0.25) is 0 Å². The van der Waals surface area contributed by atoms with Crippen LogP contribution in [-0.2, 0) is 11.0 Å². The highest BCUT2D eigenvalue weighted by Gasteiger charge is 2.24. The highest BCUT2D eigenvalue weighted by molar-refractivity contribution is 7.83. The molecule has 1 aliphatic rings. The van der Waals surface area contributed by atoms with E-state index in [1.807, 2.05) is 25.1 Å². The van der Waals surface area contributed by atoms with Gasteiger partial charge in [-0.1, -0.05) is 11.3 Å². The largest absolute Gasteiger partial charge is 0.495 e. The Hall–Kier alpha value is -1.48. The molecule has 8 heteroatoms. The molecule has 3 N–H and O–H groups in total. The van der Waals surface area contributed by atoms with Crippen molar-refractivity contribution in [3.63, 3.8) is 0 Å². The van der Waals surface area contributed by atoms with Crippen LogP contribution >= 0.6 is 11.3 Å². The molecule has 1 fully saturated rings. The Morgan fingerprint density at radius 3 is 2.72 bits per heavy atom. The predicted molar refractivity (Wildman–Crippen MR) is 120 cm³/mol. The van der Waals surface area contributed by atoms with Gasteiger partial charge in [-0.3, -0.25) is 0 Å². The van der Waals surface area contributed by atoms with Crippen LogP contribution in [-0.4, -0.2) is 39.1 Å². The molecule has 1 aromatic heterocycles. The summed E-state index contributed by atoms with van der Waals surface area (Å²) in [5.41, 5.74) is 1.84. The van der Waals surface area contributed by atoms with Crippen molar-refractivity contribution in [1.29, 1.82) is 0 Å². The summed E-state index contributed by atoms with van der Waals surface area (Å²) < 4.78 is 21.7. The zero-order valence-electron chi connectivity index (χ0n) is 17.7. The first-order valence-corrected chi connectivity index (χ1v) is 11.9. The molecule has 1 aliphatic carbocycles. The summed E-state index contributed by atoms with van der Waals surface area (Å²) in [7, 11) is 0.162. The predicted octanol–water partition coefficient (Wildman–Crippen LogP) is 4.25. The van der Waals surface area contributed by atoms with Crippen molar-refractivity contribution in [3.05, 3.63) is 23.9 Å². The first kappa shape index (κ1) is 22.2. The normalized spacial score (nSPS) is 21.0. The number of methoxy groups -OCH3 is 1. The number of nitrogens with one attached hydrogen (secondary N) is 2. The van der Waals surface area contributed by atoms with Gasteiger partial charge in [-0.2, -0.15) is 0 Å². The lowest BCUT2D eigenvalue weighted by Gasteiger charge is -2.26. The van der Waals surface area contributed by atoms with E-state index in [0.717, 1.165) is 40.5 Å². The number of thiazole rings is 1. The van der Waals surface area contributed by atoms with Crippen LogP contribution in [0.4, 0.5) is 5.13 Å². The van der Waals surface area contributed by atoms with Crippen LogP contribution in [0.15, 0.2) is 23.1 Å². The Balaban J connectivity index is 1.86. The smallest absolute Gasteiger partial charge is 0.183 e. The van der Waals surface area contributed by atoms with Crippen LogP contribution in [0.5, 0.6) is 5.75 Å². The minimum Gasteiger partial charge on any atom is -0.495 e. The summed E-state index contributed by atoms with van der Waals surface area (Å²) in [5.74, 6) is 0.589. The molecule has 3 unspecified atom stereocenters. The molecule has 1 aromatic carbocycles. The molecular formula is C21H31N3O3S2. The van der Waals surface area contributed by atoms with Crippen molar-refractivity contribution in [2.45, 2.75) is 76.0 Å². The zero-order valence-corrected chi connectivity index (χ0v) is 19.4. The molecule has 3 atom stereocenters. The molecule has 0 aliphatic heterocycles. The fourth-order valence-electron chi connectivity index (χ4n) is 3.49. The first-order valence-electron chi connectivity index (χ1n) is 9.96. The summed E-state index contributed by atoms with van der Waals surface area (Å²) in [6, 6.07) is 5.80. The number of hydrogen-bond acceptors (Lipinski definition) is 6. The van der Waals surface area contributed by atoms with Crippen molar-refractivity contribution >= 4 is 27.5 Å². The van der Waals surface area contributed by atoms with E-state index in [4.69, 9.17) is 4.74 Å². The molecule has 6 nitrogen and oxygen atoms in total. The van der Waals surface area contributed by atoms with E-state index in [0.29, 0.717) is 17.1 Å². The Kier molecular flexibility index (Phi) is 6.98. The molecule has 29 heavy (non-hydrogen) atoms. The summed E-state index contributed by atoms with van der Waals surface area (Å²) in [5, 5.41) is 14.2. The van der Waals surface area contributed by atoms with Crippen LogP contribution in [0.1, 0.15) is 52.1 Å². The van der Waals surface area contributed by atoms with Gasteiger partial charge >= 0.3 is 0 Å². The second kappa shape index (κ2) is 9.12. The second-order valence-electron chi connectivity index (χ2n) is 8.58. The van der Waals surface area contributed by atoms with Crippen molar-refractivity contribution in [3.8, 4) is 16.2 Å². The van der Waals surface area contributed by atoms with Crippen molar-refractivity contribution in [1.82, 2.24) is 9.71 Å². The molecule has 3 rings (SSSR count). The van der Waals surface area contributed by atoms with Crippen molar-refractivity contribution in [2.24, 2.45) is 0 Å². The zero-order chi connectivity index (χ0) is 21.2. The average molecular weight is 438 g/mol. The van der Waals surface area contributed by atoms with Gasteiger partial charge in [-0.05, 0) is 77.1 Å². The second-order valence-corrected chi connectivity index (χ2v) is 10.8. The number of aryl methyl sites for hydroxylation is 1. The quantitative estimate of drug-likeness (QED) is 0.629. The fourth-order valence-corrected chi connectivity index (χ4v) is 5.87. The lowest BCUT2D eigenvalue weighted by Crippen LogP contribution is -2.37. The van der Waals surface area contributed by atoms with E-state index < -0.39 is 11.0 Å². The van der Waals surface area contributed by atoms with Crippen molar-refractivity contribution in [2.75, 3.05) is 12.4 Å². The van der Waals surface area contributed by atoms with Crippen LogP contribution in [0.2, 0.25) is 0 Å². The molecule has 0 bridgehead atoms. The third-order valence-electron chi connectivity index (χ3n) is 4.82. The number of aromatic nitrogens is 1. The third kappa shape index (κ3) is 5.78. The molecule has 1 saturated carbocycles. The SMILES string of the molecule is COc1ccc(-c2sc(NC(C)(C)C)nc2C)cc1S(=O)NC1CCCC(O)C1. The van der Waals surface area contributed by atoms with Crippen LogP contribution in [0, 0.1) is 6.92 Å². The first-order chi connectivity index (χ1) is 13.7. The van der Waals surface area contributed by atoms with E-state index in [1.54, 1.807) is 18.4 Å². The minimum absolute atomic E-state index is 0.0423. The summed E-state index contributed by atoms with van der Waals surface area (Å²) in [4.78, 5) is 6.31. The monoisotopic (exact) mass is 437 g/mol. The Bertz CT molecular complexity index is 877. The Morgan fingerprint density at radius 1 is 1.31 bits per heavy atom. The fraction of sp³-hybridized carbons (Fsp3) is 0.571. The van der Waals surface area contributed by atoms with Crippen LogP contribution < -0.4 is 14.8 Å². The van der Waals surface area contributed by atoms with Gasteiger partial charge in [0.25, 0.3) is 0 Å². The van der Waals surface area contributed by atoms with Gasteiger partial charge in [0.15, 0.2) is 5.13 Å². The maximum absolute atomic E-state index is 13.1. The number of aliphatic hydroxyl groups is 1. The number of hydrogen-bond donors (Lipinski definition) is 3. The van der Waals surface area contributed by atoms with E-state index in [9.17, 15) is 9.32 Å². The Labute approximate surface area is 179 Å². The molecule has 160 valence electrons. The van der Waals surface area contributed by atoms with Gasteiger partial charge in [-0.15, -0.1) is 0 Å². The molecule has 0 radical (unpaired) electrons. The minimum atomic E-state index is -1.42. The number of anilines is 1. The van der Waals surface area contributed by atoms with Gasteiger partial charge in [0.1, 0.15) is 16.7 Å². The molecule has 0 amide bonds. The molecule has 2 aromatic rings. The number of benzene rings is 1. The maximum atomic E-state index is 13.1. The van der Waals surface area contributed by atoms with E-state index in [1.165, 1.54) is 0 Å². The average Bonchev–Trinajstić information content (AvgIpc) is 2.99. The third-order valence-corrected chi connectivity index (χ3v) is 7.21. The number of aliphatic hydroxyl groups excluding tert-OH is 1. The summed E-state index contributed by atoms with van der Waals surface area (Å²) in [6.07, 6.45) is 2.99. The number of ether oxygens (including phenoxy) is 1. The number of nitrogens with zero attached hydrogens (tertiary/aromatic N) is 1. The van der Waals surface area contributed by atoms with Gasteiger partial charge in [0, 0.05) is 11.6 Å². The van der Waals surface area contributed by atoms with E-state index >= 15 is 0 Å². The Morgan fingerprint density at radius 2 is 2.07 bits per heavy atom. The summed E-state index contributed by atoms with van der Waals surface area (Å²) >= 11 is 1.59. The molecule has 0 spiro atoms. The van der Waals surface area contributed by atoms with Crippen LogP contribution in [0.25, 0.3) is 10.4 Å². The molecule has 0 saturated heterocycles. The standard InChI is InChI=1S/C21H31N3O3S2/c1-13-19(28-20(22-13)23-21(2,3)4)14-9-10-17(27-5)18(11-14)29(26)24-15-7-6-8-16(25)12-15/h9-11,15-16,24-25H,6-8,12H2,1-5H3,(H,22,23). The van der Waals surface area contributed by atoms with Crippen LogP contribution in [0.3, 0.4) is 0 Å².